The Bertz CT molecular complexity index is 1210. The monoisotopic (exact) mass is 450 g/mol. The average Bonchev–Trinajstić information content (AvgIpc) is 3.30. The molecular weight excluding hydrogens is 428 g/mol. The molecule has 0 aliphatic rings. The van der Waals surface area contributed by atoms with Gasteiger partial charge in [0.25, 0.3) is 0 Å². The molecule has 5 nitrogen and oxygen atoms in total. The lowest BCUT2D eigenvalue weighted by Crippen LogP contribution is -2.14. The van der Waals surface area contributed by atoms with E-state index in [1.165, 1.54) is 22.5 Å². The summed E-state index contributed by atoms with van der Waals surface area (Å²) in [4.78, 5) is 17.0. The van der Waals surface area contributed by atoms with Crippen LogP contribution in [0.5, 0.6) is 0 Å². The number of nitrogens with one attached hydrogen (secondary N) is 1. The molecule has 0 spiro atoms. The van der Waals surface area contributed by atoms with Gasteiger partial charge in [-0.05, 0) is 50.6 Å². The number of nitrogens with zero attached hydrogens (tertiary/aromatic N) is 3. The topological polar surface area (TPSA) is 59.8 Å². The molecule has 2 aromatic heterocycles. The summed E-state index contributed by atoms with van der Waals surface area (Å²) in [5.41, 5.74) is 7.06. The summed E-state index contributed by atoms with van der Waals surface area (Å²) in [6.45, 7) is 6.08. The Balaban J connectivity index is 1.47. The lowest BCUT2D eigenvalue weighted by Gasteiger charge is -2.04. The molecule has 0 fully saturated rings. The van der Waals surface area contributed by atoms with E-state index in [1.807, 2.05) is 72.4 Å². The third kappa shape index (κ3) is 5.03. The first-order valence-electron chi connectivity index (χ1n) is 10.00. The molecule has 4 rings (SSSR count). The van der Waals surface area contributed by atoms with Crippen LogP contribution in [0.25, 0.3) is 5.13 Å². The minimum absolute atomic E-state index is 0.0856. The molecule has 1 amide bonds. The number of amides is 1. The molecule has 4 aromatic rings. The maximum atomic E-state index is 12.4. The van der Waals surface area contributed by atoms with E-state index in [0.29, 0.717) is 0 Å². The number of aromatic nitrogens is 3. The highest BCUT2D eigenvalue weighted by molar-refractivity contribution is 7.12. The van der Waals surface area contributed by atoms with Crippen LogP contribution in [0.15, 0.2) is 53.9 Å². The van der Waals surface area contributed by atoms with Gasteiger partial charge in [0.15, 0.2) is 0 Å². The first-order valence-corrected chi connectivity index (χ1v) is 11.3. The maximum Gasteiger partial charge on any atom is 0.230 e. The molecule has 2 aromatic carbocycles. The van der Waals surface area contributed by atoms with Gasteiger partial charge >= 0.3 is 0 Å². The molecule has 0 atom stereocenters. The fourth-order valence-electron chi connectivity index (χ4n) is 3.40. The Morgan fingerprint density at radius 1 is 1.06 bits per heavy atom. The summed E-state index contributed by atoms with van der Waals surface area (Å²) in [5, 5.41) is 11.0. The van der Waals surface area contributed by atoms with Crippen molar-refractivity contribution in [1.82, 2.24) is 14.8 Å². The summed E-state index contributed by atoms with van der Waals surface area (Å²) in [6.07, 6.45) is 1.01. The number of anilines is 1. The third-order valence-corrected chi connectivity index (χ3v) is 6.25. The summed E-state index contributed by atoms with van der Waals surface area (Å²) < 4.78 is 1.87. The molecule has 158 valence electrons. The van der Waals surface area contributed by atoms with Crippen molar-refractivity contribution in [2.45, 2.75) is 33.6 Å². The predicted octanol–water partition coefficient (Wildman–Crippen LogP) is 5.68. The van der Waals surface area contributed by atoms with Crippen molar-refractivity contribution in [1.29, 1.82) is 0 Å². The van der Waals surface area contributed by atoms with E-state index in [9.17, 15) is 4.79 Å². The van der Waals surface area contributed by atoms with Crippen LogP contribution in [0, 0.1) is 20.8 Å². The van der Waals surface area contributed by atoms with E-state index in [2.05, 4.69) is 17.2 Å². The van der Waals surface area contributed by atoms with Gasteiger partial charge in [-0.2, -0.15) is 5.10 Å². The van der Waals surface area contributed by atoms with Crippen LogP contribution in [-0.2, 0) is 17.6 Å². The molecule has 1 N–H and O–H groups in total. The minimum atomic E-state index is -0.0856. The number of carbonyl (C=O) groups is 1. The second-order valence-corrected chi connectivity index (χ2v) is 8.85. The summed E-state index contributed by atoms with van der Waals surface area (Å²) in [6, 6.07) is 15.6. The van der Waals surface area contributed by atoms with Gasteiger partial charge in [-0.3, -0.25) is 4.79 Å². The zero-order chi connectivity index (χ0) is 22.0. The van der Waals surface area contributed by atoms with Gasteiger partial charge < -0.3 is 5.32 Å². The van der Waals surface area contributed by atoms with E-state index in [-0.39, 0.29) is 12.3 Å². The zero-order valence-corrected chi connectivity index (χ0v) is 19.2. The van der Waals surface area contributed by atoms with Crippen molar-refractivity contribution >= 4 is 34.5 Å². The Kier molecular flexibility index (Phi) is 6.20. The normalized spacial score (nSPS) is 11.0. The lowest BCUT2D eigenvalue weighted by molar-refractivity contribution is -0.115. The van der Waals surface area contributed by atoms with Crippen molar-refractivity contribution in [3.8, 4) is 5.13 Å². The highest BCUT2D eigenvalue weighted by atomic mass is 35.5. The van der Waals surface area contributed by atoms with Crippen molar-refractivity contribution in [2.75, 3.05) is 5.32 Å². The SMILES string of the molecule is Cc1ccc(NC(=O)Cc2csc(-n3nc(C)c(Cc4ccc(Cl)cc4)c3C)n2)cc1. The van der Waals surface area contributed by atoms with Gasteiger partial charge in [0, 0.05) is 33.8 Å². The Hall–Kier alpha value is -2.96. The fourth-order valence-corrected chi connectivity index (χ4v) is 4.36. The average molecular weight is 451 g/mol. The Labute approximate surface area is 190 Å². The van der Waals surface area contributed by atoms with Gasteiger partial charge in [-0.15, -0.1) is 11.3 Å². The number of aryl methyl sites for hydroxylation is 2. The van der Waals surface area contributed by atoms with Crippen LogP contribution in [0.4, 0.5) is 5.69 Å². The Morgan fingerprint density at radius 3 is 2.48 bits per heavy atom. The predicted molar refractivity (Wildman–Crippen MR) is 126 cm³/mol. The number of hydrogen-bond donors (Lipinski definition) is 1. The molecule has 0 saturated carbocycles. The van der Waals surface area contributed by atoms with Crippen LogP contribution < -0.4 is 5.32 Å². The molecule has 7 heteroatoms. The van der Waals surface area contributed by atoms with E-state index in [4.69, 9.17) is 16.7 Å². The van der Waals surface area contributed by atoms with Crippen molar-refractivity contribution in [3.63, 3.8) is 0 Å². The highest BCUT2D eigenvalue weighted by Crippen LogP contribution is 2.24. The van der Waals surface area contributed by atoms with Crippen molar-refractivity contribution in [2.24, 2.45) is 0 Å². The molecule has 31 heavy (non-hydrogen) atoms. The van der Waals surface area contributed by atoms with E-state index in [1.54, 1.807) is 0 Å². The standard InChI is InChI=1S/C24H23ClN4OS/c1-15-4-10-20(11-5-15)26-23(30)13-21-14-31-24(27-21)29-17(3)22(16(2)28-29)12-18-6-8-19(25)9-7-18/h4-11,14H,12-13H2,1-3H3,(H,26,30). The summed E-state index contributed by atoms with van der Waals surface area (Å²) in [5.74, 6) is -0.0856. The van der Waals surface area contributed by atoms with Crippen molar-refractivity contribution in [3.05, 3.63) is 92.7 Å². The van der Waals surface area contributed by atoms with Crippen LogP contribution in [-0.4, -0.2) is 20.7 Å². The number of halogens is 1. The molecule has 0 saturated heterocycles. The van der Waals surface area contributed by atoms with Gasteiger partial charge in [0.2, 0.25) is 11.0 Å². The van der Waals surface area contributed by atoms with Crippen molar-refractivity contribution < 1.29 is 4.79 Å². The second kappa shape index (κ2) is 9.04. The summed E-state index contributed by atoms with van der Waals surface area (Å²) in [7, 11) is 0. The number of thiazole rings is 1. The molecule has 2 heterocycles. The van der Waals surface area contributed by atoms with Gasteiger partial charge in [0.1, 0.15) is 0 Å². The van der Waals surface area contributed by atoms with Crippen LogP contribution in [0.3, 0.4) is 0 Å². The van der Waals surface area contributed by atoms with Crippen LogP contribution in [0.2, 0.25) is 5.02 Å². The van der Waals surface area contributed by atoms with Gasteiger partial charge in [-0.25, -0.2) is 9.67 Å². The highest BCUT2D eigenvalue weighted by Gasteiger charge is 2.16. The minimum Gasteiger partial charge on any atom is -0.326 e. The number of hydrogen-bond acceptors (Lipinski definition) is 4. The number of carbonyl (C=O) groups excluding carboxylic acids is 1. The molecule has 0 bridgehead atoms. The quantitative estimate of drug-likeness (QED) is 0.411. The largest absolute Gasteiger partial charge is 0.326 e. The smallest absolute Gasteiger partial charge is 0.230 e. The fraction of sp³-hybridized carbons (Fsp3) is 0.208. The number of benzene rings is 2. The number of rotatable bonds is 6. The first-order chi connectivity index (χ1) is 14.9. The van der Waals surface area contributed by atoms with Gasteiger partial charge in [-0.1, -0.05) is 41.4 Å². The first kappa shape index (κ1) is 21.3. The molecule has 0 aliphatic heterocycles. The molecule has 0 radical (unpaired) electrons. The van der Waals surface area contributed by atoms with Gasteiger partial charge in [0.05, 0.1) is 17.8 Å². The van der Waals surface area contributed by atoms with E-state index >= 15 is 0 Å². The third-order valence-electron chi connectivity index (χ3n) is 5.13. The van der Waals surface area contributed by atoms with E-state index in [0.717, 1.165) is 44.9 Å². The van der Waals surface area contributed by atoms with Crippen LogP contribution >= 0.6 is 22.9 Å². The maximum absolute atomic E-state index is 12.4. The van der Waals surface area contributed by atoms with Crippen LogP contribution in [0.1, 0.15) is 33.8 Å². The van der Waals surface area contributed by atoms with E-state index < -0.39 is 0 Å². The Morgan fingerprint density at radius 2 is 1.77 bits per heavy atom. The summed E-state index contributed by atoms with van der Waals surface area (Å²) >= 11 is 7.49. The molecule has 0 unspecified atom stereocenters. The molecular formula is C24H23ClN4OS. The zero-order valence-electron chi connectivity index (χ0n) is 17.6. The second-order valence-electron chi connectivity index (χ2n) is 7.58. The molecule has 0 aliphatic carbocycles. The lowest BCUT2D eigenvalue weighted by atomic mass is 10.0.